The Bertz CT molecular complexity index is 885. The number of nitrogens with one attached hydrogen (secondary N) is 1. The molecule has 5 heteroatoms. The summed E-state index contributed by atoms with van der Waals surface area (Å²) in [6, 6.07) is 14.7. The van der Waals surface area contributed by atoms with Crippen molar-refractivity contribution in [2.45, 2.75) is 13.3 Å². The summed E-state index contributed by atoms with van der Waals surface area (Å²) in [5, 5.41) is 2.68. The maximum atomic E-state index is 12.4. The first-order valence-corrected chi connectivity index (χ1v) is 6.97. The minimum Gasteiger partial charge on any atom is -0.320 e. The van der Waals surface area contributed by atoms with Gasteiger partial charge in [0.2, 0.25) is 5.91 Å². The van der Waals surface area contributed by atoms with Crippen molar-refractivity contribution >= 4 is 17.2 Å². The molecule has 0 radical (unpaired) electrons. The lowest BCUT2D eigenvalue weighted by Gasteiger charge is -2.09. The van der Waals surface area contributed by atoms with Gasteiger partial charge in [0.05, 0.1) is 12.1 Å². The van der Waals surface area contributed by atoms with Crippen molar-refractivity contribution in [1.29, 1.82) is 0 Å². The lowest BCUT2D eigenvalue weighted by atomic mass is 10.1. The first-order valence-electron chi connectivity index (χ1n) is 6.97. The summed E-state index contributed by atoms with van der Waals surface area (Å²) in [6.07, 6.45) is 1.86. The number of rotatable bonds is 3. The third kappa shape index (κ3) is 2.74. The first-order chi connectivity index (χ1) is 10.6. The summed E-state index contributed by atoms with van der Waals surface area (Å²) < 4.78 is 1.42. The van der Waals surface area contributed by atoms with Crippen molar-refractivity contribution in [2.75, 3.05) is 5.32 Å². The number of pyridine rings is 1. The van der Waals surface area contributed by atoms with E-state index >= 15 is 0 Å². The van der Waals surface area contributed by atoms with Crippen molar-refractivity contribution in [1.82, 2.24) is 9.38 Å². The summed E-state index contributed by atoms with van der Waals surface area (Å²) in [5.74, 6) is -0.232. The molecule has 0 saturated heterocycles. The predicted octanol–water partition coefficient (Wildman–Crippen LogP) is 2.18. The van der Waals surface area contributed by atoms with Crippen LogP contribution >= 0.6 is 0 Å². The zero-order valence-electron chi connectivity index (χ0n) is 12.1. The van der Waals surface area contributed by atoms with Gasteiger partial charge in [0.25, 0.3) is 5.56 Å². The summed E-state index contributed by atoms with van der Waals surface area (Å²) in [7, 11) is 0. The predicted molar refractivity (Wildman–Crippen MR) is 85.0 cm³/mol. The van der Waals surface area contributed by atoms with Crippen molar-refractivity contribution in [2.24, 2.45) is 0 Å². The van der Waals surface area contributed by atoms with E-state index in [-0.39, 0.29) is 23.6 Å². The Morgan fingerprint density at radius 3 is 2.64 bits per heavy atom. The topological polar surface area (TPSA) is 63.5 Å². The van der Waals surface area contributed by atoms with Crippen LogP contribution in [-0.2, 0) is 11.2 Å². The van der Waals surface area contributed by atoms with Gasteiger partial charge in [-0.2, -0.15) is 0 Å². The van der Waals surface area contributed by atoms with E-state index < -0.39 is 0 Å². The monoisotopic (exact) mass is 293 g/mol. The molecule has 0 unspecified atom stereocenters. The Morgan fingerprint density at radius 2 is 1.86 bits per heavy atom. The van der Waals surface area contributed by atoms with E-state index in [0.717, 1.165) is 5.56 Å². The third-order valence-electron chi connectivity index (χ3n) is 3.39. The highest BCUT2D eigenvalue weighted by atomic mass is 16.2. The molecule has 0 aliphatic carbocycles. The van der Waals surface area contributed by atoms with Crippen LogP contribution in [0.5, 0.6) is 0 Å². The highest BCUT2D eigenvalue weighted by Gasteiger charge is 2.12. The molecule has 3 rings (SSSR count). The molecule has 0 atom stereocenters. The summed E-state index contributed by atoms with van der Waals surface area (Å²) in [6.45, 7) is 1.71. The molecular formula is C17H15N3O2. The molecule has 0 fully saturated rings. The number of anilines is 1. The van der Waals surface area contributed by atoms with Crippen LogP contribution in [0.15, 0.2) is 59.5 Å². The Morgan fingerprint density at radius 1 is 1.14 bits per heavy atom. The molecule has 0 saturated carbocycles. The normalized spacial score (nSPS) is 10.6. The highest BCUT2D eigenvalue weighted by molar-refractivity contribution is 5.92. The van der Waals surface area contributed by atoms with Gasteiger partial charge in [-0.3, -0.25) is 14.0 Å². The van der Waals surface area contributed by atoms with Gasteiger partial charge in [0.1, 0.15) is 11.3 Å². The van der Waals surface area contributed by atoms with Gasteiger partial charge in [0.15, 0.2) is 0 Å². The molecule has 22 heavy (non-hydrogen) atoms. The van der Waals surface area contributed by atoms with E-state index in [0.29, 0.717) is 11.3 Å². The molecule has 5 nitrogen and oxygen atoms in total. The number of amides is 1. The lowest BCUT2D eigenvalue weighted by Crippen LogP contribution is -2.25. The van der Waals surface area contributed by atoms with Gasteiger partial charge in [-0.05, 0) is 24.6 Å². The molecule has 1 aromatic carbocycles. The molecule has 2 aromatic heterocycles. The van der Waals surface area contributed by atoms with Gasteiger partial charge < -0.3 is 5.32 Å². The van der Waals surface area contributed by atoms with E-state index in [1.807, 2.05) is 36.4 Å². The minimum absolute atomic E-state index is 0.219. The number of carbonyl (C=O) groups is 1. The molecule has 0 spiro atoms. The van der Waals surface area contributed by atoms with Crippen LogP contribution in [0.4, 0.5) is 5.69 Å². The fourth-order valence-corrected chi connectivity index (χ4v) is 2.31. The van der Waals surface area contributed by atoms with E-state index in [2.05, 4.69) is 10.3 Å². The van der Waals surface area contributed by atoms with Crippen LogP contribution in [0.2, 0.25) is 0 Å². The van der Waals surface area contributed by atoms with Crippen molar-refractivity contribution < 1.29 is 4.79 Å². The maximum absolute atomic E-state index is 12.4. The quantitative estimate of drug-likeness (QED) is 0.805. The Balaban J connectivity index is 1.91. The molecule has 1 N–H and O–H groups in total. The van der Waals surface area contributed by atoms with E-state index in [9.17, 15) is 9.59 Å². The highest BCUT2D eigenvalue weighted by Crippen LogP contribution is 2.09. The largest absolute Gasteiger partial charge is 0.320 e. The molecular weight excluding hydrogens is 278 g/mol. The molecule has 0 aliphatic heterocycles. The second-order valence-corrected chi connectivity index (χ2v) is 5.02. The van der Waals surface area contributed by atoms with Crippen LogP contribution in [0.1, 0.15) is 11.3 Å². The van der Waals surface area contributed by atoms with Crippen LogP contribution < -0.4 is 10.9 Å². The lowest BCUT2D eigenvalue weighted by molar-refractivity contribution is -0.115. The molecule has 110 valence electrons. The van der Waals surface area contributed by atoms with E-state index in [4.69, 9.17) is 0 Å². The summed E-state index contributed by atoms with van der Waals surface area (Å²) >= 11 is 0. The summed E-state index contributed by atoms with van der Waals surface area (Å²) in [4.78, 5) is 28.9. The SMILES string of the molecule is Cc1nc2ccccn2c(=O)c1NC(=O)Cc1ccccc1. The smallest absolute Gasteiger partial charge is 0.281 e. The van der Waals surface area contributed by atoms with E-state index in [1.54, 1.807) is 25.3 Å². The van der Waals surface area contributed by atoms with Gasteiger partial charge in [-0.15, -0.1) is 0 Å². The van der Waals surface area contributed by atoms with Crippen molar-refractivity contribution in [3.05, 3.63) is 76.3 Å². The number of aromatic nitrogens is 2. The van der Waals surface area contributed by atoms with Gasteiger partial charge in [-0.25, -0.2) is 4.98 Å². The van der Waals surface area contributed by atoms with E-state index in [1.165, 1.54) is 4.40 Å². The number of hydrogen-bond donors (Lipinski definition) is 1. The average Bonchev–Trinajstić information content (AvgIpc) is 2.52. The zero-order chi connectivity index (χ0) is 15.5. The Labute approximate surface area is 127 Å². The Kier molecular flexibility index (Phi) is 3.70. The second kappa shape index (κ2) is 5.81. The fraction of sp³-hybridized carbons (Fsp3) is 0.118. The molecule has 0 aliphatic rings. The van der Waals surface area contributed by atoms with Crippen LogP contribution in [0, 0.1) is 6.92 Å². The maximum Gasteiger partial charge on any atom is 0.281 e. The minimum atomic E-state index is -0.274. The van der Waals surface area contributed by atoms with Gasteiger partial charge in [-0.1, -0.05) is 36.4 Å². The van der Waals surface area contributed by atoms with Crippen LogP contribution in [0.3, 0.4) is 0 Å². The standard InChI is InChI=1S/C17H15N3O2/c1-12-16(17(22)20-10-6-5-9-14(20)18-12)19-15(21)11-13-7-3-2-4-8-13/h2-10H,11H2,1H3,(H,19,21). The number of fused-ring (bicyclic) bond motifs is 1. The number of carbonyl (C=O) groups excluding carboxylic acids is 1. The number of aryl methyl sites for hydroxylation is 1. The van der Waals surface area contributed by atoms with Crippen LogP contribution in [-0.4, -0.2) is 15.3 Å². The van der Waals surface area contributed by atoms with Gasteiger partial charge >= 0.3 is 0 Å². The first kappa shape index (κ1) is 14.0. The molecule has 0 bridgehead atoms. The molecule has 3 aromatic rings. The number of nitrogens with zero attached hydrogens (tertiary/aromatic N) is 2. The fourth-order valence-electron chi connectivity index (χ4n) is 2.31. The van der Waals surface area contributed by atoms with Gasteiger partial charge in [0, 0.05) is 6.20 Å². The van der Waals surface area contributed by atoms with Crippen LogP contribution in [0.25, 0.3) is 5.65 Å². The zero-order valence-corrected chi connectivity index (χ0v) is 12.1. The van der Waals surface area contributed by atoms with Crippen molar-refractivity contribution in [3.63, 3.8) is 0 Å². The Hall–Kier alpha value is -2.95. The third-order valence-corrected chi connectivity index (χ3v) is 3.39. The average molecular weight is 293 g/mol. The number of hydrogen-bond acceptors (Lipinski definition) is 3. The number of benzene rings is 1. The molecule has 2 heterocycles. The second-order valence-electron chi connectivity index (χ2n) is 5.02. The molecule has 1 amide bonds. The van der Waals surface area contributed by atoms with Crippen molar-refractivity contribution in [3.8, 4) is 0 Å². The summed E-state index contributed by atoms with van der Waals surface area (Å²) in [5.41, 5.74) is 1.92.